The molecule has 1 heterocycles. The van der Waals surface area contributed by atoms with Gasteiger partial charge < -0.3 is 39.4 Å². The lowest BCUT2D eigenvalue weighted by Crippen LogP contribution is -2.64. The van der Waals surface area contributed by atoms with Gasteiger partial charge in [0, 0.05) is 12.7 Å². The van der Waals surface area contributed by atoms with Gasteiger partial charge in [-0.15, -0.1) is 0 Å². The van der Waals surface area contributed by atoms with Crippen molar-refractivity contribution in [2.75, 3.05) is 27.4 Å². The molecule has 1 fully saturated rings. The van der Waals surface area contributed by atoms with E-state index in [0.29, 0.717) is 34.9 Å². The van der Waals surface area contributed by atoms with Gasteiger partial charge in [-0.1, -0.05) is 23.7 Å². The van der Waals surface area contributed by atoms with Crippen LogP contribution in [0.1, 0.15) is 23.6 Å². The topological polar surface area (TPSA) is 118 Å². The molecule has 1 aliphatic heterocycles. The molecule has 1 aliphatic rings. The fourth-order valence-electron chi connectivity index (χ4n) is 3.89. The average Bonchev–Trinajstić information content (AvgIpc) is 2.81. The number of ether oxygens (including phenoxy) is 4. The Morgan fingerprint density at radius 1 is 1.06 bits per heavy atom. The molecule has 0 bridgehead atoms. The van der Waals surface area contributed by atoms with Crippen molar-refractivity contribution in [2.45, 2.75) is 43.5 Å². The third-order valence-electron chi connectivity index (χ3n) is 5.62. The van der Waals surface area contributed by atoms with Crippen molar-refractivity contribution in [3.8, 4) is 11.5 Å². The van der Waals surface area contributed by atoms with E-state index < -0.39 is 36.8 Å². The Balaban J connectivity index is 2.04. The lowest BCUT2D eigenvalue weighted by Gasteiger charge is -2.47. The quantitative estimate of drug-likeness (QED) is 0.461. The highest BCUT2D eigenvalue weighted by Crippen LogP contribution is 2.43. The van der Waals surface area contributed by atoms with Crippen LogP contribution in [-0.2, 0) is 21.7 Å². The van der Waals surface area contributed by atoms with Gasteiger partial charge in [0.2, 0.25) is 5.79 Å². The highest BCUT2D eigenvalue weighted by molar-refractivity contribution is 6.32. The van der Waals surface area contributed by atoms with Crippen LogP contribution >= 0.6 is 11.6 Å². The summed E-state index contributed by atoms with van der Waals surface area (Å²) in [6, 6.07) is 10.8. The third kappa shape index (κ3) is 4.58. The first-order valence-corrected chi connectivity index (χ1v) is 10.7. The molecule has 2 aromatic rings. The van der Waals surface area contributed by atoms with E-state index in [1.54, 1.807) is 6.07 Å². The Hall–Kier alpha value is -1.91. The van der Waals surface area contributed by atoms with Gasteiger partial charge in [0.25, 0.3) is 0 Å². The number of rotatable bonds is 8. The second kappa shape index (κ2) is 10.4. The average molecular weight is 469 g/mol. The monoisotopic (exact) mass is 468 g/mol. The molecule has 32 heavy (non-hydrogen) atoms. The highest BCUT2D eigenvalue weighted by Gasteiger charge is 2.55. The predicted molar refractivity (Wildman–Crippen MR) is 117 cm³/mol. The maximum atomic E-state index is 10.8. The molecule has 1 saturated heterocycles. The lowest BCUT2D eigenvalue weighted by atomic mass is 9.86. The van der Waals surface area contributed by atoms with Crippen LogP contribution in [0.2, 0.25) is 5.02 Å². The minimum Gasteiger partial charge on any atom is -0.495 e. The van der Waals surface area contributed by atoms with Crippen LogP contribution in [0, 0.1) is 0 Å². The number of benzene rings is 2. The molecular formula is C23H29ClO8. The summed E-state index contributed by atoms with van der Waals surface area (Å²) in [5, 5.41) is 41.3. The van der Waals surface area contributed by atoms with E-state index in [0.717, 1.165) is 11.3 Å². The summed E-state index contributed by atoms with van der Waals surface area (Å²) in [6.45, 7) is 1.90. The summed E-state index contributed by atoms with van der Waals surface area (Å²) in [5.74, 6) is -0.788. The van der Waals surface area contributed by atoms with Gasteiger partial charge in [-0.25, -0.2) is 0 Å². The Morgan fingerprint density at radius 2 is 1.75 bits per heavy atom. The van der Waals surface area contributed by atoms with Crippen LogP contribution in [0.5, 0.6) is 11.5 Å². The van der Waals surface area contributed by atoms with Gasteiger partial charge in [-0.05, 0) is 48.7 Å². The van der Waals surface area contributed by atoms with Crippen LogP contribution in [0.15, 0.2) is 36.4 Å². The van der Waals surface area contributed by atoms with Crippen molar-refractivity contribution in [3.63, 3.8) is 0 Å². The number of aliphatic hydroxyl groups is 4. The number of aliphatic hydroxyl groups excluding tert-OH is 4. The van der Waals surface area contributed by atoms with Crippen molar-refractivity contribution < 1.29 is 39.4 Å². The Bertz CT molecular complexity index is 904. The molecule has 176 valence electrons. The zero-order valence-electron chi connectivity index (χ0n) is 18.2. The summed E-state index contributed by atoms with van der Waals surface area (Å²) in [5.41, 5.74) is 1.94. The van der Waals surface area contributed by atoms with Crippen LogP contribution in [0.25, 0.3) is 0 Å². The van der Waals surface area contributed by atoms with Gasteiger partial charge >= 0.3 is 0 Å². The van der Waals surface area contributed by atoms with Crippen molar-refractivity contribution in [2.24, 2.45) is 0 Å². The Morgan fingerprint density at radius 3 is 2.31 bits per heavy atom. The molecule has 0 aromatic heterocycles. The zero-order valence-corrected chi connectivity index (χ0v) is 19.0. The first kappa shape index (κ1) is 24.7. The molecule has 3 rings (SSSR count). The SMILES string of the molecule is CCOc1ccc(Cc2cc(C3(OC)O[C@H](CO)[C@@H](O)[C@@H](O)[C@H]3O)cc(OC)c2Cl)cc1. The minimum atomic E-state index is -1.86. The molecule has 0 radical (unpaired) electrons. The molecule has 0 aliphatic carbocycles. The molecule has 8 nitrogen and oxygen atoms in total. The summed E-state index contributed by atoms with van der Waals surface area (Å²) in [7, 11) is 2.76. The Labute approximate surface area is 191 Å². The Kier molecular flexibility index (Phi) is 8.00. The molecule has 2 aromatic carbocycles. The van der Waals surface area contributed by atoms with E-state index in [4.69, 9.17) is 30.5 Å². The molecule has 0 spiro atoms. The fraction of sp³-hybridized carbons (Fsp3) is 0.478. The smallest absolute Gasteiger partial charge is 0.224 e. The second-order valence-corrected chi connectivity index (χ2v) is 7.92. The number of methoxy groups -OCH3 is 2. The van der Waals surface area contributed by atoms with Crippen LogP contribution < -0.4 is 9.47 Å². The molecule has 9 heteroatoms. The van der Waals surface area contributed by atoms with Gasteiger partial charge in [-0.3, -0.25) is 0 Å². The van der Waals surface area contributed by atoms with Crippen LogP contribution in [-0.4, -0.2) is 72.3 Å². The van der Waals surface area contributed by atoms with E-state index in [2.05, 4.69) is 0 Å². The van der Waals surface area contributed by atoms with Gasteiger partial charge in [-0.2, -0.15) is 0 Å². The lowest BCUT2D eigenvalue weighted by molar-refractivity contribution is -0.366. The van der Waals surface area contributed by atoms with Crippen molar-refractivity contribution in [1.82, 2.24) is 0 Å². The minimum absolute atomic E-state index is 0.318. The maximum absolute atomic E-state index is 10.8. The standard InChI is InChI=1S/C23H29ClO8/c1-4-31-16-7-5-13(6-8-16)9-14-10-15(11-17(29-2)19(14)24)23(30-3)22(28)21(27)20(26)18(12-25)32-23/h5-8,10-11,18,20-22,25-28H,4,9,12H2,1-3H3/t18-,20-,21-,22-,23?/m1/s1. The van der Waals surface area contributed by atoms with E-state index in [9.17, 15) is 20.4 Å². The largest absolute Gasteiger partial charge is 0.495 e. The summed E-state index contributed by atoms with van der Waals surface area (Å²) < 4.78 is 22.2. The van der Waals surface area contributed by atoms with Crippen molar-refractivity contribution in [3.05, 3.63) is 58.1 Å². The van der Waals surface area contributed by atoms with Crippen LogP contribution in [0.3, 0.4) is 0 Å². The van der Waals surface area contributed by atoms with Gasteiger partial charge in [0.05, 0.1) is 25.3 Å². The molecule has 1 unspecified atom stereocenters. The van der Waals surface area contributed by atoms with E-state index in [-0.39, 0.29) is 0 Å². The van der Waals surface area contributed by atoms with Gasteiger partial charge in [0.1, 0.15) is 35.9 Å². The summed E-state index contributed by atoms with van der Waals surface area (Å²) in [4.78, 5) is 0. The highest BCUT2D eigenvalue weighted by atomic mass is 35.5. The molecule has 0 amide bonds. The van der Waals surface area contributed by atoms with Gasteiger partial charge in [0.15, 0.2) is 0 Å². The van der Waals surface area contributed by atoms with E-state index >= 15 is 0 Å². The fourth-order valence-corrected chi connectivity index (χ4v) is 4.14. The molecule has 0 saturated carbocycles. The first-order chi connectivity index (χ1) is 15.3. The number of hydrogen-bond acceptors (Lipinski definition) is 8. The predicted octanol–water partition coefficient (Wildman–Crippen LogP) is 1.61. The third-order valence-corrected chi connectivity index (χ3v) is 6.05. The van der Waals surface area contributed by atoms with Crippen LogP contribution in [0.4, 0.5) is 0 Å². The summed E-state index contributed by atoms with van der Waals surface area (Å²) in [6.07, 6.45) is -5.49. The zero-order chi connectivity index (χ0) is 23.5. The summed E-state index contributed by atoms with van der Waals surface area (Å²) >= 11 is 6.56. The molecule has 5 atom stereocenters. The molecular weight excluding hydrogens is 440 g/mol. The number of hydrogen-bond donors (Lipinski definition) is 4. The van der Waals surface area contributed by atoms with Crippen molar-refractivity contribution in [1.29, 1.82) is 0 Å². The maximum Gasteiger partial charge on any atom is 0.224 e. The van der Waals surface area contributed by atoms with Crippen molar-refractivity contribution >= 4 is 11.6 Å². The second-order valence-electron chi connectivity index (χ2n) is 7.54. The number of halogens is 1. The normalized spacial score (nSPS) is 27.9. The molecule has 4 N–H and O–H groups in total. The first-order valence-electron chi connectivity index (χ1n) is 10.3. The van der Waals surface area contributed by atoms with E-state index in [1.165, 1.54) is 20.3 Å². The van der Waals surface area contributed by atoms with E-state index in [1.807, 2.05) is 31.2 Å².